The summed E-state index contributed by atoms with van der Waals surface area (Å²) in [5, 5.41) is 50.1. The van der Waals surface area contributed by atoms with Gasteiger partial charge < -0.3 is 39.9 Å². The first-order valence-electron chi connectivity index (χ1n) is 23.4. The van der Waals surface area contributed by atoms with Gasteiger partial charge in [-0.3, -0.25) is 18.6 Å². The minimum atomic E-state index is -5.12. The van der Waals surface area contributed by atoms with E-state index in [0.717, 1.165) is 83.5 Å². The molecule has 0 radical (unpaired) electrons. The number of carbonyl (C=O) groups is 2. The number of aliphatic hydroxyl groups excluding tert-OH is 5. The van der Waals surface area contributed by atoms with Crippen LogP contribution < -0.4 is 0 Å². The molecule has 61 heavy (non-hydrogen) atoms. The van der Waals surface area contributed by atoms with Crippen molar-refractivity contribution in [2.24, 2.45) is 0 Å². The molecule has 0 spiro atoms. The molecular formula is C47H83O13P. The zero-order valence-corrected chi connectivity index (χ0v) is 38.3. The molecule has 0 aromatic heterocycles. The highest BCUT2D eigenvalue weighted by molar-refractivity contribution is 7.47. The van der Waals surface area contributed by atoms with Gasteiger partial charge in [0.05, 0.1) is 6.61 Å². The van der Waals surface area contributed by atoms with Crippen LogP contribution >= 0.6 is 7.82 Å². The number of aliphatic hydroxyl groups is 5. The minimum Gasteiger partial charge on any atom is -0.462 e. The number of rotatable bonds is 38. The summed E-state index contributed by atoms with van der Waals surface area (Å²) in [6, 6.07) is 0. The molecule has 1 aliphatic carbocycles. The fourth-order valence-electron chi connectivity index (χ4n) is 6.93. The number of phosphoric ester groups is 1. The molecule has 354 valence electrons. The van der Waals surface area contributed by atoms with Crippen molar-refractivity contribution in [1.82, 2.24) is 0 Å². The fourth-order valence-corrected chi connectivity index (χ4v) is 7.90. The third-order valence-corrected chi connectivity index (χ3v) is 11.7. The number of allylic oxidation sites excluding steroid dienone is 8. The van der Waals surface area contributed by atoms with Crippen LogP contribution in [0.25, 0.3) is 0 Å². The van der Waals surface area contributed by atoms with E-state index in [-0.39, 0.29) is 12.8 Å². The quantitative estimate of drug-likeness (QED) is 0.0148. The highest BCUT2D eigenvalue weighted by Crippen LogP contribution is 2.47. The molecule has 1 fully saturated rings. The number of phosphoric acid groups is 1. The number of carbonyl (C=O) groups excluding carboxylic acids is 2. The topological polar surface area (TPSA) is 210 Å². The maximum atomic E-state index is 12.8. The SMILES string of the molecule is CC/C=C\C/C=C\C/C=C\C/C=C\CCCCCCCCCCC(=O)OC(COC(=O)CCCCCCCCCCCCC)COP(=O)(O)OC1C(O)C(O)C(O)C(O)C1O. The second-order valence-corrected chi connectivity index (χ2v) is 17.6. The monoisotopic (exact) mass is 887 g/mol. The van der Waals surface area contributed by atoms with Crippen molar-refractivity contribution < 1.29 is 63.1 Å². The van der Waals surface area contributed by atoms with E-state index in [0.29, 0.717) is 12.8 Å². The van der Waals surface area contributed by atoms with Crippen LogP contribution in [0.5, 0.6) is 0 Å². The van der Waals surface area contributed by atoms with E-state index >= 15 is 0 Å². The standard InChI is InChI=1S/C47H83O13P/c1-3-5-7-9-11-13-15-16-17-18-19-20-21-22-23-24-26-28-30-32-34-36-41(49)59-39(37-57-40(48)35-33-31-29-27-25-14-12-10-8-6-4-2)38-58-61(55,56)60-47-45(53)43(51)42(50)44(52)46(47)54/h5,7,11,13,16-17,19-20,39,42-47,50-54H,3-4,6,8-10,12,14-15,18,21-38H2,1-2H3,(H,55,56)/b7-5-,13-11-,17-16-,20-19-. The molecule has 0 aromatic rings. The lowest BCUT2D eigenvalue weighted by atomic mass is 9.85. The Kier molecular flexibility index (Phi) is 34.7. The first-order valence-corrected chi connectivity index (χ1v) is 24.9. The first kappa shape index (κ1) is 56.8. The lowest BCUT2D eigenvalue weighted by Gasteiger charge is -2.41. The summed E-state index contributed by atoms with van der Waals surface area (Å²) < 4.78 is 33.5. The second kappa shape index (κ2) is 37.2. The van der Waals surface area contributed by atoms with Crippen LogP contribution in [0.2, 0.25) is 0 Å². The number of ether oxygens (including phenoxy) is 2. The van der Waals surface area contributed by atoms with Gasteiger partial charge in [0.25, 0.3) is 0 Å². The largest absolute Gasteiger partial charge is 0.472 e. The van der Waals surface area contributed by atoms with Crippen molar-refractivity contribution in [3.63, 3.8) is 0 Å². The van der Waals surface area contributed by atoms with Crippen molar-refractivity contribution in [2.45, 2.75) is 224 Å². The van der Waals surface area contributed by atoms with Crippen LogP contribution in [0.4, 0.5) is 0 Å². The molecule has 1 aliphatic rings. The molecule has 1 saturated carbocycles. The van der Waals surface area contributed by atoms with E-state index in [1.807, 2.05) is 0 Å². The first-order chi connectivity index (χ1) is 29.4. The lowest BCUT2D eigenvalue weighted by Crippen LogP contribution is -2.64. The van der Waals surface area contributed by atoms with Crippen molar-refractivity contribution in [2.75, 3.05) is 13.2 Å². The van der Waals surface area contributed by atoms with Gasteiger partial charge in [0.15, 0.2) is 6.10 Å². The fraction of sp³-hybridized carbons (Fsp3) is 0.787. The molecule has 6 unspecified atom stereocenters. The average molecular weight is 887 g/mol. The number of hydrogen-bond donors (Lipinski definition) is 6. The van der Waals surface area contributed by atoms with Gasteiger partial charge in [-0.05, 0) is 51.4 Å². The molecule has 13 nitrogen and oxygen atoms in total. The van der Waals surface area contributed by atoms with Crippen LogP contribution in [0.15, 0.2) is 48.6 Å². The molecule has 0 aliphatic heterocycles. The highest BCUT2D eigenvalue weighted by atomic mass is 31.2. The van der Waals surface area contributed by atoms with Gasteiger partial charge in [0, 0.05) is 12.8 Å². The molecule has 6 atom stereocenters. The van der Waals surface area contributed by atoms with Gasteiger partial charge in [-0.25, -0.2) is 4.57 Å². The molecule has 0 heterocycles. The van der Waals surface area contributed by atoms with Crippen LogP contribution in [-0.2, 0) is 32.7 Å². The Morgan fingerprint density at radius 3 is 1.43 bits per heavy atom. The Morgan fingerprint density at radius 2 is 0.934 bits per heavy atom. The van der Waals surface area contributed by atoms with Crippen molar-refractivity contribution in [3.8, 4) is 0 Å². The van der Waals surface area contributed by atoms with E-state index in [2.05, 4.69) is 62.5 Å². The summed E-state index contributed by atoms with van der Waals surface area (Å²) in [4.78, 5) is 35.7. The van der Waals surface area contributed by atoms with Crippen LogP contribution in [0.1, 0.15) is 181 Å². The summed E-state index contributed by atoms with van der Waals surface area (Å²) in [7, 11) is -5.12. The van der Waals surface area contributed by atoms with Gasteiger partial charge in [0.2, 0.25) is 0 Å². The zero-order chi connectivity index (χ0) is 45.0. The van der Waals surface area contributed by atoms with Gasteiger partial charge >= 0.3 is 19.8 Å². The zero-order valence-electron chi connectivity index (χ0n) is 37.4. The maximum absolute atomic E-state index is 12.8. The van der Waals surface area contributed by atoms with Crippen LogP contribution in [-0.4, -0.2) is 98.3 Å². The smallest absolute Gasteiger partial charge is 0.462 e. The summed E-state index contributed by atoms with van der Waals surface area (Å²) in [6.07, 6.45) is 30.2. The van der Waals surface area contributed by atoms with E-state index in [1.54, 1.807) is 0 Å². The van der Waals surface area contributed by atoms with Crippen molar-refractivity contribution >= 4 is 19.8 Å². The Morgan fingerprint density at radius 1 is 0.525 bits per heavy atom. The third-order valence-electron chi connectivity index (χ3n) is 10.7. The van der Waals surface area contributed by atoms with Crippen molar-refractivity contribution in [1.29, 1.82) is 0 Å². The molecule has 6 N–H and O–H groups in total. The minimum absolute atomic E-state index is 0.0872. The Bertz CT molecular complexity index is 1250. The van der Waals surface area contributed by atoms with Gasteiger partial charge in [-0.15, -0.1) is 0 Å². The Hall–Kier alpha value is -2.19. The van der Waals surface area contributed by atoms with Gasteiger partial charge in [0.1, 0.15) is 43.2 Å². The molecule has 0 aromatic carbocycles. The highest BCUT2D eigenvalue weighted by Gasteiger charge is 2.51. The third kappa shape index (κ3) is 29.7. The van der Waals surface area contributed by atoms with Crippen LogP contribution in [0, 0.1) is 0 Å². The maximum Gasteiger partial charge on any atom is 0.472 e. The molecule has 14 heteroatoms. The van der Waals surface area contributed by atoms with Crippen molar-refractivity contribution in [3.05, 3.63) is 48.6 Å². The predicted octanol–water partition coefficient (Wildman–Crippen LogP) is 9.17. The predicted molar refractivity (Wildman–Crippen MR) is 239 cm³/mol. The van der Waals surface area contributed by atoms with Crippen LogP contribution in [0.3, 0.4) is 0 Å². The summed E-state index contributed by atoms with van der Waals surface area (Å²) >= 11 is 0. The molecular weight excluding hydrogens is 803 g/mol. The summed E-state index contributed by atoms with van der Waals surface area (Å²) in [6.45, 7) is 3.17. The normalized spacial score (nSPS) is 22.4. The van der Waals surface area contributed by atoms with E-state index in [4.69, 9.17) is 18.5 Å². The van der Waals surface area contributed by atoms with Gasteiger partial charge in [-0.1, -0.05) is 165 Å². The molecule has 1 rings (SSSR count). The Labute approximate surface area is 367 Å². The second-order valence-electron chi connectivity index (χ2n) is 16.2. The Balaban J connectivity index is 2.42. The summed E-state index contributed by atoms with van der Waals surface area (Å²) in [5.74, 6) is -1.11. The van der Waals surface area contributed by atoms with Gasteiger partial charge in [-0.2, -0.15) is 0 Å². The summed E-state index contributed by atoms with van der Waals surface area (Å²) in [5.41, 5.74) is 0. The lowest BCUT2D eigenvalue weighted by molar-refractivity contribution is -0.220. The molecule has 0 bridgehead atoms. The van der Waals surface area contributed by atoms with E-state index in [1.165, 1.54) is 57.8 Å². The molecule has 0 saturated heterocycles. The van der Waals surface area contributed by atoms with E-state index in [9.17, 15) is 44.6 Å². The van der Waals surface area contributed by atoms with E-state index < -0.39 is 75.7 Å². The number of esters is 2. The molecule has 0 amide bonds. The number of unbranched alkanes of at least 4 members (excludes halogenated alkanes) is 18. The number of hydrogen-bond acceptors (Lipinski definition) is 12. The average Bonchev–Trinajstić information content (AvgIpc) is 3.24.